The quantitative estimate of drug-likeness (QED) is 0.674. The van der Waals surface area contributed by atoms with Gasteiger partial charge in [-0.3, -0.25) is 9.59 Å². The van der Waals surface area contributed by atoms with Gasteiger partial charge in [-0.2, -0.15) is 11.8 Å². The van der Waals surface area contributed by atoms with Crippen LogP contribution in [0.4, 0.5) is 0 Å². The van der Waals surface area contributed by atoms with Crippen LogP contribution in [-0.4, -0.2) is 47.6 Å². The molecule has 0 fully saturated rings. The first-order chi connectivity index (χ1) is 9.84. The van der Waals surface area contributed by atoms with E-state index in [9.17, 15) is 14.7 Å². The molecule has 2 amide bonds. The van der Waals surface area contributed by atoms with E-state index in [1.807, 2.05) is 6.26 Å². The number of rotatable bonds is 7. The summed E-state index contributed by atoms with van der Waals surface area (Å²) in [6, 6.07) is 6.85. The molecule has 1 rings (SSSR count). The molecule has 0 aliphatic heterocycles. The largest absolute Gasteiger partial charge is 0.387 e. The molecule has 0 radical (unpaired) electrons. The van der Waals surface area contributed by atoms with Gasteiger partial charge in [-0.25, -0.2) is 0 Å². The molecule has 7 heteroatoms. The van der Waals surface area contributed by atoms with E-state index in [1.54, 1.807) is 31.2 Å². The smallest absolute Gasteiger partial charge is 0.251 e. The summed E-state index contributed by atoms with van der Waals surface area (Å²) >= 11 is 4.79. The highest BCUT2D eigenvalue weighted by molar-refractivity contribution is 9.10. The van der Waals surface area contributed by atoms with E-state index in [-0.39, 0.29) is 24.9 Å². The van der Waals surface area contributed by atoms with Gasteiger partial charge in [-0.15, -0.1) is 0 Å². The Morgan fingerprint density at radius 1 is 1.29 bits per heavy atom. The highest BCUT2D eigenvalue weighted by atomic mass is 79.9. The third kappa shape index (κ3) is 6.97. The van der Waals surface area contributed by atoms with Crippen LogP contribution in [0, 0.1) is 0 Å². The van der Waals surface area contributed by atoms with E-state index in [0.29, 0.717) is 11.3 Å². The summed E-state index contributed by atoms with van der Waals surface area (Å²) < 4.78 is 0.882. The Hall–Kier alpha value is -1.05. The van der Waals surface area contributed by atoms with Crippen LogP contribution >= 0.6 is 27.7 Å². The average Bonchev–Trinajstić information content (AvgIpc) is 2.43. The second kappa shape index (κ2) is 8.41. The first-order valence-corrected chi connectivity index (χ1v) is 8.54. The Morgan fingerprint density at radius 3 is 2.48 bits per heavy atom. The molecule has 116 valence electrons. The molecule has 0 saturated heterocycles. The van der Waals surface area contributed by atoms with Crippen molar-refractivity contribution in [3.05, 3.63) is 34.3 Å². The van der Waals surface area contributed by atoms with Crippen molar-refractivity contribution in [1.82, 2.24) is 10.6 Å². The van der Waals surface area contributed by atoms with Gasteiger partial charge in [-0.05, 0) is 37.4 Å². The molecule has 0 aromatic heterocycles. The van der Waals surface area contributed by atoms with Gasteiger partial charge in [0.1, 0.15) is 0 Å². The lowest BCUT2D eigenvalue weighted by Gasteiger charge is -2.22. The fourth-order valence-electron chi connectivity index (χ4n) is 1.58. The number of carbonyl (C=O) groups excluding carboxylic acids is 2. The zero-order valence-corrected chi connectivity index (χ0v) is 14.4. The maximum absolute atomic E-state index is 11.8. The van der Waals surface area contributed by atoms with Crippen LogP contribution < -0.4 is 10.6 Å². The fraction of sp³-hybridized carbons (Fsp3) is 0.429. The molecular weight excluding hydrogens is 356 g/mol. The van der Waals surface area contributed by atoms with Crippen LogP contribution in [0.2, 0.25) is 0 Å². The monoisotopic (exact) mass is 374 g/mol. The van der Waals surface area contributed by atoms with E-state index in [2.05, 4.69) is 26.6 Å². The van der Waals surface area contributed by atoms with Crippen LogP contribution in [0.5, 0.6) is 0 Å². The second-order valence-corrected chi connectivity index (χ2v) is 6.68. The van der Waals surface area contributed by atoms with Gasteiger partial charge >= 0.3 is 0 Å². The van der Waals surface area contributed by atoms with Gasteiger partial charge in [0, 0.05) is 22.3 Å². The Balaban J connectivity index is 2.36. The maximum atomic E-state index is 11.8. The molecule has 0 heterocycles. The molecule has 0 bridgehead atoms. The number of benzene rings is 1. The first-order valence-electron chi connectivity index (χ1n) is 6.36. The molecule has 5 nitrogen and oxygen atoms in total. The summed E-state index contributed by atoms with van der Waals surface area (Å²) in [6.45, 7) is 1.69. The number of carbonyl (C=O) groups is 2. The Bertz CT molecular complexity index is 491. The predicted molar refractivity (Wildman–Crippen MR) is 88.5 cm³/mol. The Morgan fingerprint density at radius 2 is 1.90 bits per heavy atom. The summed E-state index contributed by atoms with van der Waals surface area (Å²) in [5.41, 5.74) is -0.467. The van der Waals surface area contributed by atoms with Crippen molar-refractivity contribution in [3.63, 3.8) is 0 Å². The van der Waals surface area contributed by atoms with Gasteiger partial charge in [-0.1, -0.05) is 15.9 Å². The van der Waals surface area contributed by atoms with Gasteiger partial charge in [0.2, 0.25) is 5.91 Å². The number of hydrogen-bond acceptors (Lipinski definition) is 4. The van der Waals surface area contributed by atoms with E-state index >= 15 is 0 Å². The molecule has 0 spiro atoms. The van der Waals surface area contributed by atoms with Crippen LogP contribution in [0.3, 0.4) is 0 Å². The topological polar surface area (TPSA) is 78.4 Å². The van der Waals surface area contributed by atoms with E-state index in [4.69, 9.17) is 0 Å². The molecule has 1 atom stereocenters. The minimum atomic E-state index is -0.954. The van der Waals surface area contributed by atoms with Crippen molar-refractivity contribution in [3.8, 4) is 0 Å². The number of amides is 2. The first kappa shape index (κ1) is 18.0. The van der Waals surface area contributed by atoms with Crippen molar-refractivity contribution >= 4 is 39.5 Å². The zero-order valence-electron chi connectivity index (χ0n) is 12.0. The summed E-state index contributed by atoms with van der Waals surface area (Å²) in [5, 5.41) is 15.0. The third-order valence-corrected chi connectivity index (χ3v) is 4.08. The van der Waals surface area contributed by atoms with Crippen molar-refractivity contribution in [1.29, 1.82) is 0 Å². The third-order valence-electron chi connectivity index (χ3n) is 2.64. The standard InChI is InChI=1S/C14H19BrN2O3S/c1-14(20,9-21-2)8-17-12(18)7-16-13(19)10-3-5-11(15)6-4-10/h3-6,20H,7-9H2,1-2H3,(H,16,19)(H,17,18). The molecule has 1 unspecified atom stereocenters. The lowest BCUT2D eigenvalue weighted by Crippen LogP contribution is -2.45. The van der Waals surface area contributed by atoms with Crippen LogP contribution in [0.1, 0.15) is 17.3 Å². The summed E-state index contributed by atoms with van der Waals surface area (Å²) in [6.07, 6.45) is 1.88. The predicted octanol–water partition coefficient (Wildman–Crippen LogP) is 1.41. The van der Waals surface area contributed by atoms with Crippen LogP contribution in [0.15, 0.2) is 28.7 Å². The lowest BCUT2D eigenvalue weighted by atomic mass is 10.1. The van der Waals surface area contributed by atoms with Crippen LogP contribution in [0.25, 0.3) is 0 Å². The lowest BCUT2D eigenvalue weighted by molar-refractivity contribution is -0.121. The highest BCUT2D eigenvalue weighted by Gasteiger charge is 2.20. The molecule has 0 aliphatic rings. The van der Waals surface area contributed by atoms with E-state index < -0.39 is 5.60 Å². The summed E-state index contributed by atoms with van der Waals surface area (Å²) in [4.78, 5) is 23.4. The Kier molecular flexibility index (Phi) is 7.21. The van der Waals surface area contributed by atoms with E-state index in [1.165, 1.54) is 11.8 Å². The molecule has 3 N–H and O–H groups in total. The molecule has 0 saturated carbocycles. The normalized spacial score (nSPS) is 13.3. The minimum Gasteiger partial charge on any atom is -0.387 e. The summed E-state index contributed by atoms with van der Waals surface area (Å²) in [5.74, 6) is -0.117. The van der Waals surface area contributed by atoms with E-state index in [0.717, 1.165) is 4.47 Å². The van der Waals surface area contributed by atoms with Gasteiger partial charge < -0.3 is 15.7 Å². The highest BCUT2D eigenvalue weighted by Crippen LogP contribution is 2.10. The SMILES string of the molecule is CSCC(C)(O)CNC(=O)CNC(=O)c1ccc(Br)cc1. The number of nitrogens with one attached hydrogen (secondary N) is 2. The maximum Gasteiger partial charge on any atom is 0.251 e. The fourth-order valence-corrected chi connectivity index (χ4v) is 2.57. The molecule has 1 aromatic rings. The molecule has 0 aliphatic carbocycles. The van der Waals surface area contributed by atoms with Gasteiger partial charge in [0.25, 0.3) is 5.91 Å². The van der Waals surface area contributed by atoms with Crippen molar-refractivity contribution in [2.45, 2.75) is 12.5 Å². The van der Waals surface area contributed by atoms with Crippen molar-refractivity contribution in [2.75, 3.05) is 25.1 Å². The van der Waals surface area contributed by atoms with Crippen LogP contribution in [-0.2, 0) is 4.79 Å². The second-order valence-electron chi connectivity index (χ2n) is 4.90. The summed E-state index contributed by atoms with van der Waals surface area (Å²) in [7, 11) is 0. The molecule has 21 heavy (non-hydrogen) atoms. The number of thioether (sulfide) groups is 1. The van der Waals surface area contributed by atoms with Crippen molar-refractivity contribution in [2.24, 2.45) is 0 Å². The molecule has 1 aromatic carbocycles. The zero-order chi connectivity index (χ0) is 15.9. The number of aliphatic hydroxyl groups is 1. The van der Waals surface area contributed by atoms with Crippen molar-refractivity contribution < 1.29 is 14.7 Å². The minimum absolute atomic E-state index is 0.121. The average molecular weight is 375 g/mol. The van der Waals surface area contributed by atoms with Gasteiger partial charge in [0.15, 0.2) is 0 Å². The van der Waals surface area contributed by atoms with Gasteiger partial charge in [0.05, 0.1) is 12.1 Å². The number of halogens is 1. The Labute approximate surface area is 137 Å². The molecular formula is C14H19BrN2O3S. The number of hydrogen-bond donors (Lipinski definition) is 3.